The van der Waals surface area contributed by atoms with Crippen LogP contribution in [-0.2, 0) is 19.6 Å². The van der Waals surface area contributed by atoms with Crippen molar-refractivity contribution in [1.82, 2.24) is 5.32 Å². The monoisotopic (exact) mass is 573 g/mol. The number of carbonyl (C=O) groups excluding carboxylic acids is 2. The first-order chi connectivity index (χ1) is 18.3. The van der Waals surface area contributed by atoms with Gasteiger partial charge in [0.25, 0.3) is 10.0 Å². The molecular weight excluding hydrogens is 546 g/mol. The molecule has 0 saturated heterocycles. The molecule has 0 aromatic heterocycles. The van der Waals surface area contributed by atoms with Gasteiger partial charge < -0.3 is 14.8 Å². The molecule has 1 aliphatic heterocycles. The van der Waals surface area contributed by atoms with Crippen molar-refractivity contribution in [1.29, 1.82) is 0 Å². The maximum atomic E-state index is 13.8. The molecule has 1 atom stereocenters. The topological polar surface area (TPSA) is 114 Å². The Morgan fingerprint density at radius 3 is 2.38 bits per heavy atom. The number of alkyl halides is 3. The number of amides is 2. The van der Waals surface area contributed by atoms with Gasteiger partial charge in [0.15, 0.2) is 0 Å². The predicted molar refractivity (Wildman–Crippen MR) is 132 cm³/mol. The van der Waals surface area contributed by atoms with Crippen LogP contribution in [0.3, 0.4) is 0 Å². The lowest BCUT2D eigenvalue weighted by atomic mass is 9.84. The van der Waals surface area contributed by atoms with Crippen LogP contribution in [0.5, 0.6) is 5.75 Å². The first-order valence-electron chi connectivity index (χ1n) is 12.2. The number of nitrogens with one attached hydrogen (secondary N) is 2. The molecule has 2 aromatic carbocycles. The minimum atomic E-state index is -4.75. The molecule has 212 valence electrons. The summed E-state index contributed by atoms with van der Waals surface area (Å²) in [7, 11) is -4.28. The molecule has 0 unspecified atom stereocenters. The van der Waals surface area contributed by atoms with Gasteiger partial charge in [0, 0.05) is 12.6 Å². The summed E-state index contributed by atoms with van der Waals surface area (Å²) in [5.41, 5.74) is -2.64. The summed E-state index contributed by atoms with van der Waals surface area (Å²) in [6.45, 7) is 1.02. The van der Waals surface area contributed by atoms with Crippen LogP contribution in [0.4, 0.5) is 33.7 Å². The molecule has 1 aliphatic carbocycles. The average molecular weight is 574 g/mol. The fourth-order valence-electron chi connectivity index (χ4n) is 4.60. The van der Waals surface area contributed by atoms with E-state index in [4.69, 9.17) is 9.47 Å². The molecule has 2 N–H and O–H groups in total. The number of halogens is 4. The van der Waals surface area contributed by atoms with Crippen LogP contribution >= 0.6 is 0 Å². The van der Waals surface area contributed by atoms with E-state index >= 15 is 0 Å². The minimum Gasteiger partial charge on any atom is -0.484 e. The Bertz CT molecular complexity index is 1330. The second-order valence-electron chi connectivity index (χ2n) is 9.42. The van der Waals surface area contributed by atoms with E-state index in [9.17, 15) is 35.6 Å². The normalized spacial score (nSPS) is 18.9. The maximum absolute atomic E-state index is 13.8. The van der Waals surface area contributed by atoms with E-state index in [-0.39, 0.29) is 66.7 Å². The zero-order valence-electron chi connectivity index (χ0n) is 20.9. The summed E-state index contributed by atoms with van der Waals surface area (Å²) < 4.78 is 93.6. The number of hydrogen-bond donors (Lipinski definition) is 2. The van der Waals surface area contributed by atoms with E-state index in [1.807, 2.05) is 0 Å². The number of carbonyl (C=O) groups is 2. The smallest absolute Gasteiger partial charge is 0.428 e. The van der Waals surface area contributed by atoms with Gasteiger partial charge in [-0.15, -0.1) is 0 Å². The van der Waals surface area contributed by atoms with Crippen LogP contribution in [0, 0.1) is 5.82 Å². The van der Waals surface area contributed by atoms with Crippen molar-refractivity contribution < 1.29 is 45.0 Å². The van der Waals surface area contributed by atoms with Gasteiger partial charge in [-0.25, -0.2) is 17.6 Å². The second-order valence-corrected chi connectivity index (χ2v) is 11.3. The summed E-state index contributed by atoms with van der Waals surface area (Å²) in [5, 5.41) is 4.82. The molecule has 1 fully saturated rings. The number of hydrogen-bond acceptors (Lipinski definition) is 6. The van der Waals surface area contributed by atoms with Crippen molar-refractivity contribution in [3.8, 4) is 5.75 Å². The molecule has 9 nitrogen and oxygen atoms in total. The Labute approximate surface area is 222 Å². The van der Waals surface area contributed by atoms with E-state index < -0.39 is 39.8 Å². The van der Waals surface area contributed by atoms with Gasteiger partial charge in [0.05, 0.1) is 23.7 Å². The van der Waals surface area contributed by atoms with E-state index in [0.717, 1.165) is 28.6 Å². The molecule has 0 radical (unpaired) electrons. The number of anilines is 2. The summed E-state index contributed by atoms with van der Waals surface area (Å²) >= 11 is 0. The van der Waals surface area contributed by atoms with Crippen molar-refractivity contribution in [2.45, 2.75) is 61.8 Å². The zero-order chi connectivity index (χ0) is 28.4. The summed E-state index contributed by atoms with van der Waals surface area (Å²) in [5.74, 6) is -0.912. The summed E-state index contributed by atoms with van der Waals surface area (Å²) in [4.78, 5) is 23.7. The lowest BCUT2D eigenvalue weighted by Gasteiger charge is -2.38. The highest BCUT2D eigenvalue weighted by Gasteiger charge is 2.58. The Morgan fingerprint density at radius 1 is 1.10 bits per heavy atom. The van der Waals surface area contributed by atoms with Crippen molar-refractivity contribution in [2.75, 3.05) is 22.7 Å². The predicted octanol–water partition coefficient (Wildman–Crippen LogP) is 4.73. The minimum absolute atomic E-state index is 0.0144. The van der Waals surface area contributed by atoms with Crippen LogP contribution in [-0.4, -0.2) is 51.4 Å². The summed E-state index contributed by atoms with van der Waals surface area (Å²) in [6.07, 6.45) is -6.44. The highest BCUT2D eigenvalue weighted by atomic mass is 32.2. The van der Waals surface area contributed by atoms with Crippen LogP contribution in [0.15, 0.2) is 47.4 Å². The SMILES string of the molecule is CC(=O)NC[C@H]1CN(S(=O)(=O)c2ccc(F)cc2)c2cc(NC(=O)OC3(C(F)(F)F)CCCCC3)ccc2O1. The average Bonchev–Trinajstić information content (AvgIpc) is 2.87. The van der Waals surface area contributed by atoms with Crippen molar-refractivity contribution >= 4 is 33.4 Å². The fourth-order valence-corrected chi connectivity index (χ4v) is 6.10. The van der Waals surface area contributed by atoms with Gasteiger partial charge in [-0.2, -0.15) is 13.2 Å². The largest absolute Gasteiger partial charge is 0.484 e. The van der Waals surface area contributed by atoms with Gasteiger partial charge in [0.1, 0.15) is 17.7 Å². The number of sulfonamides is 1. The molecular formula is C25H27F4N3O6S. The first-order valence-corrected chi connectivity index (χ1v) is 13.6. The Hall–Kier alpha value is -3.55. The third-order valence-electron chi connectivity index (χ3n) is 6.58. The van der Waals surface area contributed by atoms with Crippen molar-refractivity contribution in [3.05, 3.63) is 48.3 Å². The molecule has 0 bridgehead atoms. The van der Waals surface area contributed by atoms with Crippen molar-refractivity contribution in [3.63, 3.8) is 0 Å². The van der Waals surface area contributed by atoms with E-state index in [2.05, 4.69) is 10.6 Å². The van der Waals surface area contributed by atoms with Crippen LogP contribution in [0.2, 0.25) is 0 Å². The highest BCUT2D eigenvalue weighted by molar-refractivity contribution is 7.92. The quantitative estimate of drug-likeness (QED) is 0.483. The lowest BCUT2D eigenvalue weighted by molar-refractivity contribution is -0.266. The molecule has 1 heterocycles. The third-order valence-corrected chi connectivity index (χ3v) is 8.38. The Kier molecular flexibility index (Phi) is 7.96. The third kappa shape index (κ3) is 6.21. The molecule has 1 saturated carbocycles. The first kappa shape index (κ1) is 28.5. The maximum Gasteiger partial charge on any atom is 0.428 e. The highest BCUT2D eigenvalue weighted by Crippen LogP contribution is 2.45. The number of ether oxygens (including phenoxy) is 2. The molecule has 14 heteroatoms. The molecule has 0 spiro atoms. The molecule has 39 heavy (non-hydrogen) atoms. The van der Waals surface area contributed by atoms with Crippen LogP contribution in [0.25, 0.3) is 0 Å². The van der Waals surface area contributed by atoms with Gasteiger partial charge >= 0.3 is 12.3 Å². The number of rotatable bonds is 6. The van der Waals surface area contributed by atoms with E-state index in [0.29, 0.717) is 6.42 Å². The fraction of sp³-hybridized carbons (Fsp3) is 0.440. The van der Waals surface area contributed by atoms with Crippen molar-refractivity contribution in [2.24, 2.45) is 0 Å². The van der Waals surface area contributed by atoms with E-state index in [1.165, 1.54) is 25.1 Å². The Morgan fingerprint density at radius 2 is 1.77 bits per heavy atom. The van der Waals surface area contributed by atoms with Crippen LogP contribution in [0.1, 0.15) is 39.0 Å². The lowest BCUT2D eigenvalue weighted by Crippen LogP contribution is -2.51. The van der Waals surface area contributed by atoms with Gasteiger partial charge in [-0.3, -0.25) is 14.4 Å². The van der Waals surface area contributed by atoms with Gasteiger partial charge in [0.2, 0.25) is 11.5 Å². The molecule has 2 amide bonds. The molecule has 2 aromatic rings. The summed E-state index contributed by atoms with van der Waals surface area (Å²) in [6, 6.07) is 8.04. The van der Waals surface area contributed by atoms with Crippen LogP contribution < -0.4 is 19.7 Å². The molecule has 4 rings (SSSR count). The van der Waals surface area contributed by atoms with Gasteiger partial charge in [-0.05, 0) is 68.1 Å². The number of fused-ring (bicyclic) bond motifs is 1. The number of nitrogens with zero attached hydrogens (tertiary/aromatic N) is 1. The number of benzene rings is 2. The second kappa shape index (κ2) is 10.9. The molecule has 2 aliphatic rings. The Balaban J connectivity index is 1.63. The zero-order valence-corrected chi connectivity index (χ0v) is 21.7. The van der Waals surface area contributed by atoms with E-state index in [1.54, 1.807) is 0 Å². The standard InChI is InChI=1S/C25H27F4N3O6S/c1-16(33)30-14-19-15-32(39(35,36)20-8-5-17(26)6-9-20)21-13-18(7-10-22(21)37-19)31-23(34)38-24(25(27,28)29)11-3-2-4-12-24/h5-10,13,19H,2-4,11-12,14-15H2,1H3,(H,30,33)(H,31,34)/t19-/m0/s1. The van der Waals surface area contributed by atoms with Gasteiger partial charge in [-0.1, -0.05) is 6.42 Å².